The fraction of sp³-hybridized carbons (Fsp3) is 0.923. The van der Waals surface area contributed by atoms with Gasteiger partial charge in [0, 0.05) is 11.8 Å². The van der Waals surface area contributed by atoms with E-state index in [0.29, 0.717) is 12.1 Å². The first-order valence-corrected chi connectivity index (χ1v) is 8.40. The molecule has 1 N–H and O–H groups in total. The van der Waals surface area contributed by atoms with Crippen LogP contribution in [0.15, 0.2) is 5.16 Å². The molecule has 1 aromatic heterocycles. The maximum atomic E-state index is 4.16. The van der Waals surface area contributed by atoms with Crippen molar-refractivity contribution >= 4 is 11.8 Å². The number of nitrogens with zero attached hydrogens (tertiary/aromatic N) is 4. The Morgan fingerprint density at radius 3 is 2.84 bits per heavy atom. The van der Waals surface area contributed by atoms with E-state index < -0.39 is 0 Å². The normalized spacial score (nSPS) is 16.6. The van der Waals surface area contributed by atoms with E-state index in [1.807, 2.05) is 4.68 Å². The molecule has 1 aliphatic rings. The highest BCUT2D eigenvalue weighted by Gasteiger charge is 2.21. The second kappa shape index (κ2) is 7.85. The summed E-state index contributed by atoms with van der Waals surface area (Å²) in [5.74, 6) is 1.10. The number of thioether (sulfide) groups is 1. The van der Waals surface area contributed by atoms with Gasteiger partial charge >= 0.3 is 0 Å². The van der Waals surface area contributed by atoms with E-state index in [4.69, 9.17) is 0 Å². The van der Waals surface area contributed by atoms with Crippen LogP contribution in [-0.2, 0) is 0 Å². The topological polar surface area (TPSA) is 55.6 Å². The highest BCUT2D eigenvalue weighted by molar-refractivity contribution is 7.99. The van der Waals surface area contributed by atoms with Crippen molar-refractivity contribution in [2.45, 2.75) is 69.6 Å². The second-order valence-electron chi connectivity index (χ2n) is 5.51. The van der Waals surface area contributed by atoms with Crippen molar-refractivity contribution in [3.63, 3.8) is 0 Å². The molecular weight excluding hydrogens is 258 g/mol. The van der Waals surface area contributed by atoms with Crippen molar-refractivity contribution in [3.8, 4) is 0 Å². The maximum Gasteiger partial charge on any atom is 0.209 e. The van der Waals surface area contributed by atoms with Crippen LogP contribution in [0.1, 0.15) is 58.4 Å². The van der Waals surface area contributed by atoms with Gasteiger partial charge in [0.2, 0.25) is 5.16 Å². The summed E-state index contributed by atoms with van der Waals surface area (Å²) in [6.45, 7) is 5.47. The van der Waals surface area contributed by atoms with Gasteiger partial charge in [-0.15, -0.1) is 5.10 Å². The molecule has 0 aliphatic heterocycles. The number of nitrogens with one attached hydrogen (secondary N) is 1. The highest BCUT2D eigenvalue weighted by Crippen LogP contribution is 2.31. The second-order valence-corrected chi connectivity index (χ2v) is 6.57. The van der Waals surface area contributed by atoms with Crippen LogP contribution in [0.25, 0.3) is 0 Å². The molecule has 2 rings (SSSR count). The quantitative estimate of drug-likeness (QED) is 0.587. The van der Waals surface area contributed by atoms with Crippen molar-refractivity contribution in [2.75, 3.05) is 12.3 Å². The Morgan fingerprint density at radius 2 is 2.11 bits per heavy atom. The lowest BCUT2D eigenvalue weighted by molar-refractivity contribution is 0.423. The van der Waals surface area contributed by atoms with Gasteiger partial charge in [0.25, 0.3) is 0 Å². The van der Waals surface area contributed by atoms with Crippen LogP contribution >= 0.6 is 11.8 Å². The van der Waals surface area contributed by atoms with Gasteiger partial charge in [0.05, 0.1) is 6.04 Å². The number of unbranched alkanes of at least 4 members (excludes halogenated alkanes) is 1. The van der Waals surface area contributed by atoms with E-state index in [1.54, 1.807) is 11.8 Å². The molecule has 5 nitrogen and oxygen atoms in total. The summed E-state index contributed by atoms with van der Waals surface area (Å²) in [4.78, 5) is 0. The molecule has 108 valence electrons. The first-order valence-electron chi connectivity index (χ1n) is 7.41. The lowest BCUT2D eigenvalue weighted by atomic mass is 10.3. The fourth-order valence-electron chi connectivity index (χ4n) is 2.44. The van der Waals surface area contributed by atoms with Crippen molar-refractivity contribution in [2.24, 2.45) is 0 Å². The van der Waals surface area contributed by atoms with Gasteiger partial charge in [-0.05, 0) is 42.7 Å². The average molecular weight is 283 g/mol. The SMILES string of the molecule is CC(C)NCCCCSc1nnnn1C1CCCC1. The Kier molecular flexibility index (Phi) is 6.10. The summed E-state index contributed by atoms with van der Waals surface area (Å²) in [6.07, 6.45) is 7.52. The third kappa shape index (κ3) is 4.76. The molecular formula is C13H25N5S. The number of aromatic nitrogens is 4. The van der Waals surface area contributed by atoms with E-state index in [9.17, 15) is 0 Å². The van der Waals surface area contributed by atoms with E-state index in [1.165, 1.54) is 38.5 Å². The van der Waals surface area contributed by atoms with Crippen molar-refractivity contribution < 1.29 is 0 Å². The fourth-order valence-corrected chi connectivity index (χ4v) is 3.38. The minimum atomic E-state index is 0.542. The third-order valence-corrected chi connectivity index (χ3v) is 4.51. The van der Waals surface area contributed by atoms with Gasteiger partial charge < -0.3 is 5.32 Å². The van der Waals surface area contributed by atoms with Crippen LogP contribution in [0.2, 0.25) is 0 Å². The molecule has 0 atom stereocenters. The van der Waals surface area contributed by atoms with Crippen molar-refractivity contribution in [3.05, 3.63) is 0 Å². The van der Waals surface area contributed by atoms with E-state index in [2.05, 4.69) is 34.7 Å². The molecule has 6 heteroatoms. The van der Waals surface area contributed by atoms with E-state index >= 15 is 0 Å². The van der Waals surface area contributed by atoms with Crippen LogP contribution in [0.4, 0.5) is 0 Å². The van der Waals surface area contributed by atoms with Crippen molar-refractivity contribution in [1.82, 2.24) is 25.5 Å². The average Bonchev–Trinajstić information content (AvgIpc) is 3.03. The Labute approximate surface area is 119 Å². The number of rotatable bonds is 8. The zero-order valence-electron chi connectivity index (χ0n) is 12.0. The first-order chi connectivity index (χ1) is 9.27. The molecule has 0 bridgehead atoms. The van der Waals surface area contributed by atoms with E-state index in [-0.39, 0.29) is 0 Å². The number of hydrogen-bond acceptors (Lipinski definition) is 5. The van der Waals surface area contributed by atoms with Gasteiger partial charge in [0.1, 0.15) is 0 Å². The Bertz CT molecular complexity index is 360. The third-order valence-electron chi connectivity index (χ3n) is 3.49. The van der Waals surface area contributed by atoms with Crippen LogP contribution in [-0.4, -0.2) is 38.5 Å². The summed E-state index contributed by atoms with van der Waals surface area (Å²) in [5.41, 5.74) is 0. The molecule has 0 saturated heterocycles. The molecule has 19 heavy (non-hydrogen) atoms. The lowest BCUT2D eigenvalue weighted by Crippen LogP contribution is -2.23. The number of tetrazole rings is 1. The molecule has 0 spiro atoms. The molecule has 1 heterocycles. The summed E-state index contributed by atoms with van der Waals surface area (Å²) in [5, 5.41) is 16.6. The molecule has 1 aromatic rings. The molecule has 0 amide bonds. The van der Waals surface area contributed by atoms with Crippen LogP contribution in [0, 0.1) is 0 Å². The summed E-state index contributed by atoms with van der Waals surface area (Å²) in [6, 6.07) is 1.13. The number of hydrogen-bond donors (Lipinski definition) is 1. The molecule has 1 saturated carbocycles. The minimum absolute atomic E-state index is 0.542. The summed E-state index contributed by atoms with van der Waals surface area (Å²) < 4.78 is 2.05. The maximum absolute atomic E-state index is 4.16. The molecule has 0 radical (unpaired) electrons. The van der Waals surface area contributed by atoms with Crippen LogP contribution < -0.4 is 5.32 Å². The molecule has 1 aliphatic carbocycles. The van der Waals surface area contributed by atoms with Gasteiger partial charge in [-0.1, -0.05) is 38.5 Å². The molecule has 1 fully saturated rings. The standard InChI is InChI=1S/C13H25N5S/c1-11(2)14-9-5-6-10-19-13-15-16-17-18(13)12-7-3-4-8-12/h11-12,14H,3-10H2,1-2H3. The van der Waals surface area contributed by atoms with E-state index in [0.717, 1.165) is 17.5 Å². The molecule has 0 unspecified atom stereocenters. The van der Waals surface area contributed by atoms with Gasteiger partial charge in [-0.2, -0.15) is 0 Å². The smallest absolute Gasteiger partial charge is 0.209 e. The lowest BCUT2D eigenvalue weighted by Gasteiger charge is -2.11. The van der Waals surface area contributed by atoms with Crippen molar-refractivity contribution in [1.29, 1.82) is 0 Å². The van der Waals surface area contributed by atoms with Crippen LogP contribution in [0.3, 0.4) is 0 Å². The first kappa shape index (κ1) is 14.8. The predicted octanol–water partition coefficient (Wildman–Crippen LogP) is 2.66. The summed E-state index contributed by atoms with van der Waals surface area (Å²) in [7, 11) is 0. The van der Waals surface area contributed by atoms with Gasteiger partial charge in [-0.3, -0.25) is 0 Å². The molecule has 0 aromatic carbocycles. The highest BCUT2D eigenvalue weighted by atomic mass is 32.2. The minimum Gasteiger partial charge on any atom is -0.315 e. The summed E-state index contributed by atoms with van der Waals surface area (Å²) >= 11 is 1.80. The predicted molar refractivity (Wildman–Crippen MR) is 78.4 cm³/mol. The van der Waals surface area contributed by atoms with Gasteiger partial charge in [0.15, 0.2) is 0 Å². The Balaban J connectivity index is 1.67. The zero-order chi connectivity index (χ0) is 13.5. The monoisotopic (exact) mass is 283 g/mol. The largest absolute Gasteiger partial charge is 0.315 e. The van der Waals surface area contributed by atoms with Gasteiger partial charge in [-0.25, -0.2) is 4.68 Å². The Morgan fingerprint density at radius 1 is 1.32 bits per heavy atom. The zero-order valence-corrected chi connectivity index (χ0v) is 12.8. The van der Waals surface area contributed by atoms with Crippen LogP contribution in [0.5, 0.6) is 0 Å². The Hall–Kier alpha value is -0.620.